The third kappa shape index (κ3) is 4.01. The third-order valence-electron chi connectivity index (χ3n) is 3.00. The molecule has 1 atom stereocenters. The van der Waals surface area contributed by atoms with Gasteiger partial charge in [-0.2, -0.15) is 0 Å². The molecule has 0 aliphatic carbocycles. The first-order valence-corrected chi connectivity index (χ1v) is 8.11. The van der Waals surface area contributed by atoms with Gasteiger partial charge in [-0.05, 0) is 24.1 Å². The molecule has 0 aliphatic heterocycles. The number of thioether (sulfide) groups is 1. The van der Waals surface area contributed by atoms with Gasteiger partial charge < -0.3 is 9.32 Å². The van der Waals surface area contributed by atoms with Crippen LogP contribution in [0.3, 0.4) is 0 Å². The van der Waals surface area contributed by atoms with Crippen molar-refractivity contribution in [1.29, 1.82) is 0 Å². The van der Waals surface area contributed by atoms with Crippen LogP contribution in [-0.4, -0.2) is 40.3 Å². The Morgan fingerprint density at radius 1 is 1.32 bits per heavy atom. The van der Waals surface area contributed by atoms with Crippen LogP contribution in [0.1, 0.15) is 13.8 Å². The van der Waals surface area contributed by atoms with Crippen LogP contribution in [-0.2, 0) is 4.79 Å². The molecule has 0 aliphatic rings. The minimum atomic E-state index is -0.261. The van der Waals surface area contributed by atoms with Crippen LogP contribution in [0.4, 0.5) is 0 Å². The van der Waals surface area contributed by atoms with Crippen molar-refractivity contribution >= 4 is 29.3 Å². The average Bonchev–Trinajstić information content (AvgIpc) is 2.92. The Balaban J connectivity index is 2.19. The Hall–Kier alpha value is -1.53. The van der Waals surface area contributed by atoms with Crippen LogP contribution in [0, 0.1) is 5.92 Å². The largest absolute Gasteiger partial charge is 0.411 e. The molecule has 1 amide bonds. The number of rotatable bonds is 5. The summed E-state index contributed by atoms with van der Waals surface area (Å²) in [5, 5.41) is 8.76. The fourth-order valence-electron chi connectivity index (χ4n) is 1.83. The summed E-state index contributed by atoms with van der Waals surface area (Å²) >= 11 is 7.25. The Morgan fingerprint density at radius 3 is 2.64 bits per heavy atom. The topological polar surface area (TPSA) is 59.2 Å². The zero-order valence-corrected chi connectivity index (χ0v) is 14.5. The van der Waals surface area contributed by atoms with E-state index in [1.807, 2.05) is 26.0 Å². The normalized spacial score (nSPS) is 12.5. The lowest BCUT2D eigenvalue weighted by Gasteiger charge is -2.21. The Morgan fingerprint density at radius 2 is 2.05 bits per heavy atom. The van der Waals surface area contributed by atoms with Crippen molar-refractivity contribution in [3.05, 3.63) is 29.3 Å². The van der Waals surface area contributed by atoms with Gasteiger partial charge in [0.05, 0.1) is 5.25 Å². The molecule has 0 unspecified atom stereocenters. The molecular formula is C15H18ClN3O2S. The molecule has 2 aromatic rings. The summed E-state index contributed by atoms with van der Waals surface area (Å²) in [6.07, 6.45) is 0. The lowest BCUT2D eigenvalue weighted by molar-refractivity contribution is -0.128. The van der Waals surface area contributed by atoms with E-state index in [4.69, 9.17) is 16.0 Å². The highest BCUT2D eigenvalue weighted by Gasteiger charge is 2.27. The highest BCUT2D eigenvalue weighted by Crippen LogP contribution is 2.31. The van der Waals surface area contributed by atoms with E-state index < -0.39 is 0 Å². The third-order valence-corrected chi connectivity index (χ3v) is 4.60. The number of benzene rings is 1. The standard InChI is InChI=1S/C15H18ClN3O2S/c1-9(2)12(14(20)19(3)4)22-15-18-17-13(21-15)10-6-5-7-11(16)8-10/h5-9,12H,1-4H3/t12-/m1/s1. The molecule has 0 spiro atoms. The van der Waals surface area contributed by atoms with Crippen LogP contribution < -0.4 is 0 Å². The van der Waals surface area contributed by atoms with Crippen LogP contribution in [0.5, 0.6) is 0 Å². The molecule has 0 saturated heterocycles. The summed E-state index contributed by atoms with van der Waals surface area (Å²) in [6.45, 7) is 3.99. The number of nitrogens with zero attached hydrogens (tertiary/aromatic N) is 3. The number of halogens is 1. The van der Waals surface area contributed by atoms with Crippen molar-refractivity contribution in [2.75, 3.05) is 14.1 Å². The summed E-state index contributed by atoms with van der Waals surface area (Å²) in [4.78, 5) is 13.8. The van der Waals surface area contributed by atoms with Crippen LogP contribution >= 0.6 is 23.4 Å². The molecular weight excluding hydrogens is 322 g/mol. The van der Waals surface area contributed by atoms with Crippen molar-refractivity contribution in [1.82, 2.24) is 15.1 Å². The van der Waals surface area contributed by atoms with Gasteiger partial charge in [0, 0.05) is 24.7 Å². The Bertz CT molecular complexity index is 658. The van der Waals surface area contributed by atoms with Crippen molar-refractivity contribution in [3.63, 3.8) is 0 Å². The van der Waals surface area contributed by atoms with Gasteiger partial charge in [-0.25, -0.2) is 0 Å². The molecule has 1 heterocycles. The number of carbonyl (C=O) groups excluding carboxylic acids is 1. The molecule has 0 N–H and O–H groups in total. The van der Waals surface area contributed by atoms with Gasteiger partial charge in [0.25, 0.3) is 5.22 Å². The van der Waals surface area contributed by atoms with E-state index in [1.165, 1.54) is 11.8 Å². The van der Waals surface area contributed by atoms with E-state index in [-0.39, 0.29) is 17.1 Å². The minimum absolute atomic E-state index is 0.0301. The quantitative estimate of drug-likeness (QED) is 0.779. The summed E-state index contributed by atoms with van der Waals surface area (Å²) in [5.74, 6) is 0.578. The number of carbonyl (C=O) groups is 1. The minimum Gasteiger partial charge on any atom is -0.411 e. The molecule has 2 rings (SSSR count). The van der Waals surface area contributed by atoms with E-state index in [0.29, 0.717) is 16.1 Å². The molecule has 1 aromatic carbocycles. The molecule has 118 valence electrons. The number of aromatic nitrogens is 2. The highest BCUT2D eigenvalue weighted by atomic mass is 35.5. The van der Waals surface area contributed by atoms with E-state index >= 15 is 0 Å². The Kier molecular flexibility index (Phi) is 5.47. The summed E-state index contributed by atoms with van der Waals surface area (Å²) in [5.41, 5.74) is 0.756. The van der Waals surface area contributed by atoms with Crippen molar-refractivity contribution < 1.29 is 9.21 Å². The van der Waals surface area contributed by atoms with Crippen LogP contribution in [0.25, 0.3) is 11.5 Å². The first-order valence-electron chi connectivity index (χ1n) is 6.85. The summed E-state index contributed by atoms with van der Waals surface area (Å²) in [6, 6.07) is 7.20. The van der Waals surface area contributed by atoms with E-state index in [2.05, 4.69) is 10.2 Å². The molecule has 0 saturated carbocycles. The van der Waals surface area contributed by atoms with E-state index in [0.717, 1.165) is 5.56 Å². The second-order valence-corrected chi connectivity index (χ2v) is 6.93. The van der Waals surface area contributed by atoms with Gasteiger partial charge >= 0.3 is 0 Å². The van der Waals surface area contributed by atoms with Crippen molar-refractivity contribution in [2.24, 2.45) is 5.92 Å². The van der Waals surface area contributed by atoms with Gasteiger partial charge in [-0.1, -0.05) is 43.3 Å². The number of hydrogen-bond acceptors (Lipinski definition) is 5. The lowest BCUT2D eigenvalue weighted by atomic mass is 10.1. The predicted molar refractivity (Wildman–Crippen MR) is 87.9 cm³/mol. The van der Waals surface area contributed by atoms with Gasteiger partial charge in [-0.15, -0.1) is 10.2 Å². The van der Waals surface area contributed by atoms with Crippen LogP contribution in [0.2, 0.25) is 5.02 Å². The van der Waals surface area contributed by atoms with E-state index in [1.54, 1.807) is 31.1 Å². The predicted octanol–water partition coefficient (Wildman–Crippen LogP) is 3.59. The lowest BCUT2D eigenvalue weighted by Crippen LogP contribution is -2.34. The summed E-state index contributed by atoms with van der Waals surface area (Å²) in [7, 11) is 3.48. The molecule has 0 bridgehead atoms. The van der Waals surface area contributed by atoms with Gasteiger partial charge in [0.2, 0.25) is 11.8 Å². The maximum absolute atomic E-state index is 12.2. The monoisotopic (exact) mass is 339 g/mol. The fraction of sp³-hybridized carbons (Fsp3) is 0.400. The maximum Gasteiger partial charge on any atom is 0.277 e. The smallest absolute Gasteiger partial charge is 0.277 e. The number of amides is 1. The summed E-state index contributed by atoms with van der Waals surface area (Å²) < 4.78 is 5.65. The van der Waals surface area contributed by atoms with Gasteiger partial charge in [0.1, 0.15) is 0 Å². The van der Waals surface area contributed by atoms with Gasteiger partial charge in [-0.3, -0.25) is 4.79 Å². The Labute approximate surface area is 139 Å². The van der Waals surface area contributed by atoms with Crippen molar-refractivity contribution in [3.8, 4) is 11.5 Å². The van der Waals surface area contributed by atoms with Gasteiger partial charge in [0.15, 0.2) is 0 Å². The molecule has 0 fully saturated rings. The number of hydrogen-bond donors (Lipinski definition) is 0. The average molecular weight is 340 g/mol. The second-order valence-electron chi connectivity index (χ2n) is 5.40. The molecule has 0 radical (unpaired) electrons. The maximum atomic E-state index is 12.2. The second kappa shape index (κ2) is 7.15. The SMILES string of the molecule is CC(C)[C@@H](Sc1nnc(-c2cccc(Cl)c2)o1)C(=O)N(C)C. The van der Waals surface area contributed by atoms with E-state index in [9.17, 15) is 4.79 Å². The molecule has 1 aromatic heterocycles. The fourth-order valence-corrected chi connectivity index (χ4v) is 3.04. The zero-order chi connectivity index (χ0) is 16.3. The van der Waals surface area contributed by atoms with Crippen molar-refractivity contribution in [2.45, 2.75) is 24.3 Å². The first kappa shape index (κ1) is 16.8. The zero-order valence-electron chi connectivity index (χ0n) is 12.9. The molecule has 7 heteroatoms. The molecule has 22 heavy (non-hydrogen) atoms. The highest BCUT2D eigenvalue weighted by molar-refractivity contribution is 8.00. The molecule has 5 nitrogen and oxygen atoms in total. The first-order chi connectivity index (χ1) is 10.4. The van der Waals surface area contributed by atoms with Crippen LogP contribution in [0.15, 0.2) is 33.9 Å².